The molecule has 0 bridgehead atoms. The summed E-state index contributed by atoms with van der Waals surface area (Å²) in [6, 6.07) is 16.8. The number of fused-ring (bicyclic) bond motifs is 2. The van der Waals surface area contributed by atoms with Crippen LogP contribution in [0.25, 0.3) is 21.8 Å². The van der Waals surface area contributed by atoms with Gasteiger partial charge in [-0.05, 0) is 24.3 Å². The summed E-state index contributed by atoms with van der Waals surface area (Å²) < 4.78 is 2.25. The second-order valence-electron chi connectivity index (χ2n) is 5.64. The Hall–Kier alpha value is -2.62. The number of guanidine groups is 1. The summed E-state index contributed by atoms with van der Waals surface area (Å²) in [5.74, 6) is 1.14. The van der Waals surface area contributed by atoms with Gasteiger partial charge < -0.3 is 0 Å². The molecule has 4 nitrogen and oxygen atoms in total. The van der Waals surface area contributed by atoms with Crippen LogP contribution < -0.4 is 10.2 Å². The van der Waals surface area contributed by atoms with Crippen molar-refractivity contribution in [1.29, 1.82) is 0 Å². The van der Waals surface area contributed by atoms with Crippen molar-refractivity contribution in [3.05, 3.63) is 48.5 Å². The monoisotopic (exact) mass is 291 g/mol. The Balaban J connectivity index is 2.09. The van der Waals surface area contributed by atoms with Crippen molar-refractivity contribution in [3.8, 4) is 0 Å². The Morgan fingerprint density at radius 2 is 1.59 bits per heavy atom. The fourth-order valence-corrected chi connectivity index (χ4v) is 3.32. The lowest BCUT2D eigenvalue weighted by atomic mass is 10.1. The van der Waals surface area contributed by atoms with E-state index in [1.54, 1.807) is 0 Å². The van der Waals surface area contributed by atoms with E-state index in [1.807, 2.05) is 19.2 Å². The lowest BCUT2D eigenvalue weighted by Crippen LogP contribution is -2.39. The summed E-state index contributed by atoms with van der Waals surface area (Å²) in [4.78, 5) is 7.18. The van der Waals surface area contributed by atoms with Gasteiger partial charge in [0.25, 0.3) is 0 Å². The van der Waals surface area contributed by atoms with Gasteiger partial charge in [-0.2, -0.15) is 0 Å². The molecule has 4 rings (SSSR count). The van der Waals surface area contributed by atoms with Crippen LogP contribution in [0.4, 0.5) is 5.69 Å². The lowest BCUT2D eigenvalue weighted by Gasteiger charge is -2.17. The highest BCUT2D eigenvalue weighted by molar-refractivity contribution is 6.13. The first-order chi connectivity index (χ1) is 10.8. The van der Waals surface area contributed by atoms with Gasteiger partial charge in [-0.1, -0.05) is 24.3 Å². The molecule has 4 heteroatoms. The molecule has 0 saturated heterocycles. The third-order valence-corrected chi connectivity index (χ3v) is 4.33. The van der Waals surface area contributed by atoms with Crippen molar-refractivity contribution in [2.24, 2.45) is 0 Å². The Labute approximate surface area is 129 Å². The van der Waals surface area contributed by atoms with Crippen molar-refractivity contribution < 1.29 is 4.58 Å². The highest BCUT2D eigenvalue weighted by Crippen LogP contribution is 2.34. The average Bonchev–Trinajstić information content (AvgIpc) is 2.93. The smallest absolute Gasteiger partial charge is 0.280 e. The Morgan fingerprint density at radius 1 is 1.00 bits per heavy atom. The highest BCUT2D eigenvalue weighted by Gasteiger charge is 2.31. The molecule has 1 aromatic heterocycles. The van der Waals surface area contributed by atoms with Crippen LogP contribution >= 0.6 is 0 Å². The molecular formula is C18H19N4+. The maximum atomic E-state index is 4.81. The summed E-state index contributed by atoms with van der Waals surface area (Å²) in [6.45, 7) is 1.99. The van der Waals surface area contributed by atoms with Gasteiger partial charge in [0.2, 0.25) is 0 Å². The SMILES string of the molecule is CNC1=[N+](C)CCN1c1c2ccccc2nc2ccccc12. The van der Waals surface area contributed by atoms with Crippen molar-refractivity contribution >= 4 is 33.5 Å². The van der Waals surface area contributed by atoms with E-state index in [9.17, 15) is 0 Å². The predicted molar refractivity (Wildman–Crippen MR) is 91.7 cm³/mol. The molecule has 0 aliphatic carbocycles. The molecule has 0 saturated carbocycles. The molecule has 0 radical (unpaired) electrons. The number of aromatic nitrogens is 1. The zero-order valence-corrected chi connectivity index (χ0v) is 12.9. The van der Waals surface area contributed by atoms with Crippen LogP contribution in [0.3, 0.4) is 0 Å². The molecule has 0 spiro atoms. The number of nitrogens with zero attached hydrogens (tertiary/aromatic N) is 3. The van der Waals surface area contributed by atoms with Gasteiger partial charge in [-0.15, -0.1) is 0 Å². The largest absolute Gasteiger partial charge is 0.352 e. The van der Waals surface area contributed by atoms with E-state index in [1.165, 1.54) is 16.5 Å². The summed E-state index contributed by atoms with van der Waals surface area (Å²) in [7, 11) is 4.10. The number of likely N-dealkylation sites (N-methyl/N-ethyl adjacent to an activating group) is 1. The second kappa shape index (κ2) is 4.98. The van der Waals surface area contributed by atoms with Crippen molar-refractivity contribution in [2.75, 3.05) is 32.1 Å². The summed E-state index contributed by atoms with van der Waals surface area (Å²) in [5.41, 5.74) is 3.33. The van der Waals surface area contributed by atoms with E-state index in [4.69, 9.17) is 4.98 Å². The Bertz CT molecular complexity index is 844. The predicted octanol–water partition coefficient (Wildman–Crippen LogP) is 2.43. The molecule has 0 atom stereocenters. The zero-order chi connectivity index (χ0) is 15.1. The van der Waals surface area contributed by atoms with Crippen molar-refractivity contribution in [2.45, 2.75) is 0 Å². The van der Waals surface area contributed by atoms with Crippen LogP contribution in [-0.2, 0) is 0 Å². The minimum Gasteiger partial charge on any atom is -0.280 e. The fourth-order valence-electron chi connectivity index (χ4n) is 3.32. The fraction of sp³-hybridized carbons (Fsp3) is 0.222. The van der Waals surface area contributed by atoms with Crippen molar-refractivity contribution in [3.63, 3.8) is 0 Å². The summed E-state index contributed by atoms with van der Waals surface area (Å²) in [5, 5.41) is 5.74. The van der Waals surface area contributed by atoms with Crippen LogP contribution in [0.1, 0.15) is 0 Å². The first-order valence-electron chi connectivity index (χ1n) is 7.60. The molecule has 2 heterocycles. The molecule has 22 heavy (non-hydrogen) atoms. The molecule has 0 amide bonds. The third kappa shape index (κ3) is 1.84. The number of hydrogen-bond donors (Lipinski definition) is 1. The number of benzene rings is 2. The minimum absolute atomic E-state index is 0.977. The molecule has 110 valence electrons. The van der Waals surface area contributed by atoms with E-state index in [0.717, 1.165) is 30.1 Å². The van der Waals surface area contributed by atoms with E-state index >= 15 is 0 Å². The number of para-hydroxylation sites is 2. The quantitative estimate of drug-likeness (QED) is 0.552. The minimum atomic E-state index is 0.977. The molecule has 0 fully saturated rings. The van der Waals surface area contributed by atoms with Gasteiger partial charge in [0, 0.05) is 10.8 Å². The number of nitrogens with one attached hydrogen (secondary N) is 1. The van der Waals surface area contributed by atoms with Crippen molar-refractivity contribution in [1.82, 2.24) is 10.3 Å². The molecule has 2 aromatic carbocycles. The number of hydrogen-bond acceptors (Lipinski definition) is 3. The molecule has 1 aliphatic rings. The second-order valence-corrected chi connectivity index (χ2v) is 5.64. The van der Waals surface area contributed by atoms with E-state index in [2.05, 4.69) is 58.2 Å². The summed E-state index contributed by atoms with van der Waals surface area (Å²) >= 11 is 0. The van der Waals surface area contributed by atoms with Gasteiger partial charge in [-0.3, -0.25) is 9.89 Å². The van der Waals surface area contributed by atoms with E-state index in [0.29, 0.717) is 0 Å². The van der Waals surface area contributed by atoms with Gasteiger partial charge in [0.1, 0.15) is 12.2 Å². The molecule has 0 unspecified atom stereocenters. The van der Waals surface area contributed by atoms with Crippen LogP contribution in [0.2, 0.25) is 0 Å². The topological polar surface area (TPSA) is 31.2 Å². The first-order valence-corrected chi connectivity index (χ1v) is 7.60. The van der Waals surface area contributed by atoms with Crippen LogP contribution in [0.15, 0.2) is 48.5 Å². The molecular weight excluding hydrogens is 272 g/mol. The Morgan fingerprint density at radius 3 is 2.18 bits per heavy atom. The molecule has 1 aliphatic heterocycles. The normalized spacial score (nSPS) is 15.1. The van der Waals surface area contributed by atoms with E-state index in [-0.39, 0.29) is 0 Å². The maximum absolute atomic E-state index is 4.81. The van der Waals surface area contributed by atoms with Crippen LogP contribution in [-0.4, -0.2) is 42.7 Å². The standard InChI is InChI=1S/C18H18N4/c1-19-18-21(2)11-12-22(18)17-13-7-3-5-9-15(13)20-16-10-6-4-8-14(16)17/h3-10H,11-12H2,1-2H3/p+1. The highest BCUT2D eigenvalue weighted by atomic mass is 15.4. The molecule has 3 aromatic rings. The van der Waals surface area contributed by atoms with E-state index < -0.39 is 0 Å². The maximum Gasteiger partial charge on any atom is 0.352 e. The van der Waals surface area contributed by atoms with Gasteiger partial charge in [0.05, 0.1) is 31.7 Å². The van der Waals surface area contributed by atoms with Gasteiger partial charge in [0.15, 0.2) is 0 Å². The van der Waals surface area contributed by atoms with Gasteiger partial charge >= 0.3 is 5.96 Å². The third-order valence-electron chi connectivity index (χ3n) is 4.33. The average molecular weight is 291 g/mol. The zero-order valence-electron chi connectivity index (χ0n) is 12.9. The van der Waals surface area contributed by atoms with Crippen LogP contribution in [0.5, 0.6) is 0 Å². The van der Waals surface area contributed by atoms with Crippen LogP contribution in [0, 0.1) is 0 Å². The summed E-state index contributed by atoms with van der Waals surface area (Å²) in [6.07, 6.45) is 0. The molecule has 1 N–H and O–H groups in total. The number of anilines is 1. The number of pyridine rings is 1. The Kier molecular flexibility index (Phi) is 2.96. The van der Waals surface area contributed by atoms with Gasteiger partial charge in [-0.25, -0.2) is 9.88 Å². The lowest BCUT2D eigenvalue weighted by molar-refractivity contribution is -0.488. The first kappa shape index (κ1) is 13.1. The number of rotatable bonds is 1.